The highest BCUT2D eigenvalue weighted by atomic mass is 16.4. The second kappa shape index (κ2) is 14.6. The van der Waals surface area contributed by atoms with E-state index in [1.165, 1.54) is 0 Å². The molecule has 2 fully saturated rings. The maximum Gasteiger partial charge on any atom is 0.328 e. The van der Waals surface area contributed by atoms with Crippen LogP contribution < -0.4 is 16.0 Å². The number of aliphatic carboxylic acids is 1. The minimum atomic E-state index is -1.05. The standard InChI is InChI=1S/C34H45N5O6/c1-22(2)18-27(20-29(40)41)35-30(42)28(19-23(3)4)39-31(43)34(16-8-9-17-34)38(33(39)45)21-24-12-14-26(15-13-24)37-32(44)36-25-10-6-5-7-11-25/h5-7,10-15,22-23,27-28H,8-9,16-21H2,1-4H3,(H,35,42)(H,40,41)(H2,36,37,44)/t27?,28-/m0/s1. The largest absolute Gasteiger partial charge is 0.481 e. The molecule has 242 valence electrons. The van der Waals surface area contributed by atoms with E-state index in [9.17, 15) is 29.1 Å². The molecule has 2 aromatic carbocycles. The maximum absolute atomic E-state index is 14.2. The molecule has 11 nitrogen and oxygen atoms in total. The summed E-state index contributed by atoms with van der Waals surface area (Å²) in [5, 5.41) is 17.8. The van der Waals surface area contributed by atoms with Crippen LogP contribution in [0.2, 0.25) is 0 Å². The first-order chi connectivity index (χ1) is 21.4. The average molecular weight is 620 g/mol. The van der Waals surface area contributed by atoms with Gasteiger partial charge in [-0.15, -0.1) is 0 Å². The first-order valence-electron chi connectivity index (χ1n) is 15.8. The molecule has 1 aliphatic heterocycles. The molecule has 1 aliphatic carbocycles. The first kappa shape index (κ1) is 33.5. The number of nitrogens with zero attached hydrogens (tertiary/aromatic N) is 2. The van der Waals surface area contributed by atoms with Crippen molar-refractivity contribution < 1.29 is 29.1 Å². The van der Waals surface area contributed by atoms with E-state index in [0.717, 1.165) is 23.3 Å². The first-order valence-corrected chi connectivity index (χ1v) is 15.8. The maximum atomic E-state index is 14.2. The van der Waals surface area contributed by atoms with Gasteiger partial charge in [0.05, 0.1) is 6.42 Å². The Balaban J connectivity index is 1.53. The van der Waals surface area contributed by atoms with Gasteiger partial charge in [0.1, 0.15) is 11.6 Å². The van der Waals surface area contributed by atoms with Crippen molar-refractivity contribution in [2.45, 2.75) is 96.8 Å². The normalized spacial score (nSPS) is 17.2. The summed E-state index contributed by atoms with van der Waals surface area (Å²) in [5.41, 5.74) is 0.982. The molecule has 6 amide bonds. The summed E-state index contributed by atoms with van der Waals surface area (Å²) in [6, 6.07) is 13.6. The number of nitrogens with one attached hydrogen (secondary N) is 3. The topological polar surface area (TPSA) is 148 Å². The lowest BCUT2D eigenvalue weighted by molar-refractivity contribution is -0.141. The number of carbonyl (C=O) groups excluding carboxylic acids is 4. The van der Waals surface area contributed by atoms with Crippen molar-refractivity contribution in [2.75, 3.05) is 10.6 Å². The number of hydrogen-bond acceptors (Lipinski definition) is 5. The predicted molar refractivity (Wildman–Crippen MR) is 171 cm³/mol. The summed E-state index contributed by atoms with van der Waals surface area (Å²) in [6.07, 6.45) is 3.09. The van der Waals surface area contributed by atoms with E-state index in [2.05, 4.69) is 16.0 Å². The van der Waals surface area contributed by atoms with Crippen molar-refractivity contribution in [3.63, 3.8) is 0 Å². The Morgan fingerprint density at radius 2 is 1.42 bits per heavy atom. The number of rotatable bonds is 13. The van der Waals surface area contributed by atoms with Gasteiger partial charge < -0.3 is 26.0 Å². The lowest BCUT2D eigenvalue weighted by Crippen LogP contribution is -2.54. The molecule has 4 N–H and O–H groups in total. The Labute approximate surface area is 264 Å². The molecule has 0 radical (unpaired) electrons. The van der Waals surface area contributed by atoms with Crippen molar-refractivity contribution in [3.8, 4) is 0 Å². The predicted octanol–water partition coefficient (Wildman–Crippen LogP) is 5.83. The number of carboxylic acid groups (broad SMARTS) is 1. The van der Waals surface area contributed by atoms with Gasteiger partial charge in [0, 0.05) is 24.0 Å². The van der Waals surface area contributed by atoms with E-state index in [4.69, 9.17) is 0 Å². The van der Waals surface area contributed by atoms with Crippen LogP contribution in [0.3, 0.4) is 0 Å². The smallest absolute Gasteiger partial charge is 0.328 e. The highest BCUT2D eigenvalue weighted by Crippen LogP contribution is 2.44. The van der Waals surface area contributed by atoms with Gasteiger partial charge in [0.2, 0.25) is 5.91 Å². The SMILES string of the molecule is CC(C)CC(CC(=O)O)NC(=O)[C@H](CC(C)C)N1C(=O)N(Cc2ccc(NC(=O)Nc3ccccc3)cc2)C2(CCCC2)C1=O. The van der Waals surface area contributed by atoms with Gasteiger partial charge in [-0.25, -0.2) is 14.5 Å². The lowest BCUT2D eigenvalue weighted by Gasteiger charge is -2.31. The van der Waals surface area contributed by atoms with Crippen molar-refractivity contribution in [2.24, 2.45) is 11.8 Å². The van der Waals surface area contributed by atoms with Crippen LogP contribution in [0.15, 0.2) is 54.6 Å². The van der Waals surface area contributed by atoms with Gasteiger partial charge in [-0.05, 0) is 67.3 Å². The molecule has 1 saturated heterocycles. The third kappa shape index (κ3) is 8.20. The average Bonchev–Trinajstić information content (AvgIpc) is 3.53. The Morgan fingerprint density at radius 3 is 1.98 bits per heavy atom. The number of carbonyl (C=O) groups is 5. The molecule has 0 bridgehead atoms. The monoisotopic (exact) mass is 619 g/mol. The summed E-state index contributed by atoms with van der Waals surface area (Å²) in [4.78, 5) is 68.7. The summed E-state index contributed by atoms with van der Waals surface area (Å²) in [7, 11) is 0. The van der Waals surface area contributed by atoms with Crippen LogP contribution in [0.4, 0.5) is 21.0 Å². The van der Waals surface area contributed by atoms with Gasteiger partial charge in [-0.2, -0.15) is 0 Å². The molecule has 1 spiro atoms. The zero-order valence-electron chi connectivity index (χ0n) is 26.5. The minimum Gasteiger partial charge on any atom is -0.481 e. The van der Waals surface area contributed by atoms with E-state index >= 15 is 0 Å². The molecule has 4 rings (SSSR count). The van der Waals surface area contributed by atoms with E-state index < -0.39 is 35.5 Å². The molecule has 0 aromatic heterocycles. The van der Waals surface area contributed by atoms with Crippen LogP contribution in [0.1, 0.15) is 78.2 Å². The van der Waals surface area contributed by atoms with Crippen LogP contribution in [-0.2, 0) is 20.9 Å². The molecular weight excluding hydrogens is 574 g/mol. The second-order valence-electron chi connectivity index (χ2n) is 13.0. The number of anilines is 2. The van der Waals surface area contributed by atoms with Crippen molar-refractivity contribution in [1.82, 2.24) is 15.1 Å². The lowest BCUT2D eigenvalue weighted by atomic mass is 9.93. The highest BCUT2D eigenvalue weighted by molar-refractivity contribution is 6.10. The van der Waals surface area contributed by atoms with Gasteiger partial charge in [-0.1, -0.05) is 70.9 Å². The Morgan fingerprint density at radius 1 is 0.844 bits per heavy atom. The Hall–Kier alpha value is -4.41. The van der Waals surface area contributed by atoms with Crippen LogP contribution in [0.25, 0.3) is 0 Å². The van der Waals surface area contributed by atoms with E-state index in [0.29, 0.717) is 30.6 Å². The fourth-order valence-corrected chi connectivity index (χ4v) is 6.41. The fourth-order valence-electron chi connectivity index (χ4n) is 6.41. The summed E-state index contributed by atoms with van der Waals surface area (Å²) in [5.74, 6) is -1.75. The Kier molecular flexibility index (Phi) is 10.8. The van der Waals surface area contributed by atoms with E-state index in [1.54, 1.807) is 29.2 Å². The van der Waals surface area contributed by atoms with Gasteiger partial charge in [0.25, 0.3) is 5.91 Å². The third-order valence-electron chi connectivity index (χ3n) is 8.42. The minimum absolute atomic E-state index is 0.00270. The fraction of sp³-hybridized carbons (Fsp3) is 0.500. The molecule has 2 aromatic rings. The summed E-state index contributed by atoms with van der Waals surface area (Å²) < 4.78 is 0. The summed E-state index contributed by atoms with van der Waals surface area (Å²) >= 11 is 0. The molecule has 1 heterocycles. The zero-order chi connectivity index (χ0) is 32.7. The molecule has 11 heteroatoms. The zero-order valence-corrected chi connectivity index (χ0v) is 26.5. The number of carboxylic acids is 1. The third-order valence-corrected chi connectivity index (χ3v) is 8.42. The van der Waals surface area contributed by atoms with Gasteiger partial charge >= 0.3 is 18.0 Å². The van der Waals surface area contributed by atoms with E-state index in [1.807, 2.05) is 58.0 Å². The molecule has 1 unspecified atom stereocenters. The van der Waals surface area contributed by atoms with Crippen molar-refractivity contribution in [1.29, 1.82) is 0 Å². The van der Waals surface area contributed by atoms with Crippen molar-refractivity contribution in [3.05, 3.63) is 60.2 Å². The highest BCUT2D eigenvalue weighted by Gasteiger charge is 2.60. The van der Waals surface area contributed by atoms with Crippen LogP contribution in [0, 0.1) is 11.8 Å². The van der Waals surface area contributed by atoms with Gasteiger partial charge in [-0.3, -0.25) is 14.4 Å². The van der Waals surface area contributed by atoms with Crippen LogP contribution in [-0.4, -0.2) is 62.4 Å². The van der Waals surface area contributed by atoms with E-state index in [-0.39, 0.29) is 43.2 Å². The number of amides is 6. The number of urea groups is 2. The molecular formula is C34H45N5O6. The quantitative estimate of drug-likeness (QED) is 0.208. The van der Waals surface area contributed by atoms with Gasteiger partial charge in [0.15, 0.2) is 0 Å². The number of benzene rings is 2. The second-order valence-corrected chi connectivity index (χ2v) is 13.0. The molecule has 1 saturated carbocycles. The molecule has 45 heavy (non-hydrogen) atoms. The van der Waals surface area contributed by atoms with Crippen LogP contribution in [0.5, 0.6) is 0 Å². The molecule has 2 atom stereocenters. The van der Waals surface area contributed by atoms with Crippen molar-refractivity contribution >= 4 is 41.2 Å². The number of para-hydroxylation sites is 1. The number of hydrogen-bond donors (Lipinski definition) is 4. The summed E-state index contributed by atoms with van der Waals surface area (Å²) in [6.45, 7) is 7.91. The molecule has 2 aliphatic rings. The Bertz CT molecular complexity index is 1370. The van der Waals surface area contributed by atoms with Crippen LogP contribution >= 0.6 is 0 Å². The number of imide groups is 1.